The minimum Gasteiger partial charge on any atom is -0.360 e. The molecule has 0 amide bonds. The third-order valence-electron chi connectivity index (χ3n) is 3.26. The molecule has 1 heterocycles. The Balaban J connectivity index is 2.15. The van der Waals surface area contributed by atoms with E-state index < -0.39 is 17.4 Å². The number of carbonyl (C=O) groups excluding carboxylic acids is 1. The fourth-order valence-electron chi connectivity index (χ4n) is 2.23. The number of fused-ring (bicyclic) bond motifs is 1. The van der Waals surface area contributed by atoms with Gasteiger partial charge in [-0.1, -0.05) is 6.07 Å². The third-order valence-corrected chi connectivity index (χ3v) is 3.26. The summed E-state index contributed by atoms with van der Waals surface area (Å²) in [4.78, 5) is 15.3. The molecule has 0 radical (unpaired) electrons. The van der Waals surface area contributed by atoms with E-state index in [0.717, 1.165) is 5.56 Å². The van der Waals surface area contributed by atoms with Crippen LogP contribution in [0.15, 0.2) is 42.6 Å². The number of rotatable bonds is 2. The Morgan fingerprint density at radius 3 is 2.60 bits per heavy atom. The van der Waals surface area contributed by atoms with Crippen LogP contribution in [-0.4, -0.2) is 10.8 Å². The smallest absolute Gasteiger partial charge is 0.198 e. The number of hydrogen-bond donors (Lipinski definition) is 1. The van der Waals surface area contributed by atoms with Crippen molar-refractivity contribution < 1.29 is 13.6 Å². The molecule has 2 nitrogen and oxygen atoms in total. The van der Waals surface area contributed by atoms with Crippen molar-refractivity contribution in [1.82, 2.24) is 4.98 Å². The number of nitrogens with one attached hydrogen (secondary N) is 1. The molecule has 0 atom stereocenters. The maximum Gasteiger partial charge on any atom is 0.198 e. The van der Waals surface area contributed by atoms with Gasteiger partial charge in [0.25, 0.3) is 0 Å². The average Bonchev–Trinajstić information content (AvgIpc) is 2.81. The zero-order valence-corrected chi connectivity index (χ0v) is 10.7. The highest BCUT2D eigenvalue weighted by Crippen LogP contribution is 2.23. The lowest BCUT2D eigenvalue weighted by Gasteiger charge is -2.03. The van der Waals surface area contributed by atoms with Gasteiger partial charge < -0.3 is 4.98 Å². The molecule has 1 aromatic heterocycles. The standard InChI is InChI=1S/C16H11F2NO/c1-9-2-4-11(14(18)6-9)16(20)13-8-19-15-5-3-10(17)7-12(13)15/h2-8,19H,1H3. The van der Waals surface area contributed by atoms with Crippen molar-refractivity contribution in [2.45, 2.75) is 6.92 Å². The van der Waals surface area contributed by atoms with E-state index in [1.165, 1.54) is 30.5 Å². The molecule has 20 heavy (non-hydrogen) atoms. The molecule has 3 aromatic rings. The lowest BCUT2D eigenvalue weighted by molar-refractivity contribution is 0.103. The molecule has 1 N–H and O–H groups in total. The summed E-state index contributed by atoms with van der Waals surface area (Å²) in [6, 6.07) is 8.55. The van der Waals surface area contributed by atoms with Gasteiger partial charge in [-0.15, -0.1) is 0 Å². The van der Waals surface area contributed by atoms with Gasteiger partial charge in [-0.3, -0.25) is 4.79 Å². The predicted molar refractivity (Wildman–Crippen MR) is 72.8 cm³/mol. The van der Waals surface area contributed by atoms with Crippen molar-refractivity contribution in [3.05, 3.63) is 70.9 Å². The molecular weight excluding hydrogens is 260 g/mol. The number of aryl methyl sites for hydroxylation is 1. The maximum absolute atomic E-state index is 13.9. The van der Waals surface area contributed by atoms with Gasteiger partial charge >= 0.3 is 0 Å². The summed E-state index contributed by atoms with van der Waals surface area (Å²) in [7, 11) is 0. The number of hydrogen-bond acceptors (Lipinski definition) is 1. The average molecular weight is 271 g/mol. The van der Waals surface area contributed by atoms with Crippen LogP contribution in [0.2, 0.25) is 0 Å². The molecule has 3 rings (SSSR count). The van der Waals surface area contributed by atoms with Crippen LogP contribution in [0.1, 0.15) is 21.5 Å². The summed E-state index contributed by atoms with van der Waals surface area (Å²) in [5.74, 6) is -1.46. The molecule has 0 aliphatic heterocycles. The SMILES string of the molecule is Cc1ccc(C(=O)c2c[nH]c3ccc(F)cc23)c(F)c1. The number of carbonyl (C=O) groups is 1. The highest BCUT2D eigenvalue weighted by Gasteiger charge is 2.18. The normalized spacial score (nSPS) is 10.9. The van der Waals surface area contributed by atoms with Gasteiger partial charge in [-0.05, 0) is 42.8 Å². The Labute approximate surface area is 114 Å². The van der Waals surface area contributed by atoms with E-state index >= 15 is 0 Å². The van der Waals surface area contributed by atoms with E-state index in [1.807, 2.05) is 0 Å². The van der Waals surface area contributed by atoms with Crippen molar-refractivity contribution in [2.75, 3.05) is 0 Å². The molecule has 0 aliphatic carbocycles. The van der Waals surface area contributed by atoms with Crippen LogP contribution < -0.4 is 0 Å². The van der Waals surface area contributed by atoms with Crippen molar-refractivity contribution >= 4 is 16.7 Å². The van der Waals surface area contributed by atoms with Gasteiger partial charge in [0.2, 0.25) is 0 Å². The predicted octanol–water partition coefficient (Wildman–Crippen LogP) is 3.99. The second-order valence-corrected chi connectivity index (χ2v) is 4.70. The highest BCUT2D eigenvalue weighted by molar-refractivity contribution is 6.16. The second-order valence-electron chi connectivity index (χ2n) is 4.70. The minimum atomic E-state index is -0.569. The molecule has 0 fully saturated rings. The van der Waals surface area contributed by atoms with Crippen LogP contribution in [0.3, 0.4) is 0 Å². The molecule has 0 aliphatic rings. The molecular formula is C16H11F2NO. The van der Waals surface area contributed by atoms with Gasteiger partial charge in [-0.25, -0.2) is 8.78 Å². The van der Waals surface area contributed by atoms with E-state index in [9.17, 15) is 13.6 Å². The first-order chi connectivity index (χ1) is 9.56. The molecule has 4 heteroatoms. The number of ketones is 1. The largest absolute Gasteiger partial charge is 0.360 e. The van der Waals surface area contributed by atoms with Crippen molar-refractivity contribution in [2.24, 2.45) is 0 Å². The quantitative estimate of drug-likeness (QED) is 0.702. The van der Waals surface area contributed by atoms with Crippen LogP contribution >= 0.6 is 0 Å². The number of aromatic nitrogens is 1. The third kappa shape index (κ3) is 1.99. The molecule has 0 unspecified atom stereocenters. The lowest BCUT2D eigenvalue weighted by Crippen LogP contribution is -2.04. The van der Waals surface area contributed by atoms with E-state index in [2.05, 4.69) is 4.98 Å². The van der Waals surface area contributed by atoms with Crippen LogP contribution in [0.25, 0.3) is 10.9 Å². The first kappa shape index (κ1) is 12.5. The zero-order chi connectivity index (χ0) is 14.3. The molecule has 0 saturated heterocycles. The molecule has 100 valence electrons. The first-order valence-corrected chi connectivity index (χ1v) is 6.14. The Hall–Kier alpha value is -2.49. The van der Waals surface area contributed by atoms with Gasteiger partial charge in [-0.2, -0.15) is 0 Å². The Morgan fingerprint density at radius 1 is 1.05 bits per heavy atom. The van der Waals surface area contributed by atoms with Crippen LogP contribution in [0, 0.1) is 18.6 Å². The van der Waals surface area contributed by atoms with Gasteiger partial charge in [0.1, 0.15) is 11.6 Å². The summed E-state index contributed by atoms with van der Waals surface area (Å²) in [5, 5.41) is 0.454. The molecule has 2 aromatic carbocycles. The van der Waals surface area contributed by atoms with Crippen LogP contribution in [0.5, 0.6) is 0 Å². The minimum absolute atomic E-state index is 0.0132. The lowest BCUT2D eigenvalue weighted by atomic mass is 10.0. The van der Waals surface area contributed by atoms with Crippen LogP contribution in [0.4, 0.5) is 8.78 Å². The van der Waals surface area contributed by atoms with E-state index in [0.29, 0.717) is 10.9 Å². The van der Waals surface area contributed by atoms with Crippen LogP contribution in [-0.2, 0) is 0 Å². The Bertz CT molecular complexity index is 820. The fraction of sp³-hybridized carbons (Fsp3) is 0.0625. The first-order valence-electron chi connectivity index (χ1n) is 6.14. The summed E-state index contributed by atoms with van der Waals surface area (Å²) >= 11 is 0. The highest BCUT2D eigenvalue weighted by atomic mass is 19.1. The number of benzene rings is 2. The van der Waals surface area contributed by atoms with E-state index in [4.69, 9.17) is 0 Å². The molecule has 0 bridgehead atoms. The monoisotopic (exact) mass is 271 g/mol. The summed E-state index contributed by atoms with van der Waals surface area (Å²) in [5.41, 5.74) is 1.63. The second kappa shape index (κ2) is 4.56. The topological polar surface area (TPSA) is 32.9 Å². The van der Waals surface area contributed by atoms with Crippen molar-refractivity contribution in [3.63, 3.8) is 0 Å². The Kier molecular flexibility index (Phi) is 2.86. The fourth-order valence-corrected chi connectivity index (χ4v) is 2.23. The number of H-pyrrole nitrogens is 1. The molecule has 0 spiro atoms. The Morgan fingerprint density at radius 2 is 1.85 bits per heavy atom. The molecule has 0 saturated carbocycles. The summed E-state index contributed by atoms with van der Waals surface area (Å²) in [6.07, 6.45) is 1.48. The van der Waals surface area contributed by atoms with E-state index in [-0.39, 0.29) is 11.1 Å². The summed E-state index contributed by atoms with van der Waals surface area (Å²) in [6.45, 7) is 1.75. The van der Waals surface area contributed by atoms with Gasteiger partial charge in [0, 0.05) is 22.7 Å². The van der Waals surface area contributed by atoms with Crippen molar-refractivity contribution in [1.29, 1.82) is 0 Å². The van der Waals surface area contributed by atoms with Gasteiger partial charge in [0.15, 0.2) is 5.78 Å². The maximum atomic E-state index is 13.9. The van der Waals surface area contributed by atoms with E-state index in [1.54, 1.807) is 19.1 Å². The zero-order valence-electron chi connectivity index (χ0n) is 10.7. The van der Waals surface area contributed by atoms with Crippen molar-refractivity contribution in [3.8, 4) is 0 Å². The van der Waals surface area contributed by atoms with Gasteiger partial charge in [0.05, 0.1) is 5.56 Å². The number of halogens is 2. The summed E-state index contributed by atoms with van der Waals surface area (Å²) < 4.78 is 27.2. The number of aromatic amines is 1.